The van der Waals surface area contributed by atoms with E-state index in [-0.39, 0.29) is 0 Å². The number of nitrogens with one attached hydrogen (secondary N) is 1. The van der Waals surface area contributed by atoms with E-state index in [1.54, 1.807) is 0 Å². The van der Waals surface area contributed by atoms with Crippen molar-refractivity contribution in [3.05, 3.63) is 34.4 Å². The van der Waals surface area contributed by atoms with Crippen LogP contribution in [-0.2, 0) is 6.42 Å². The summed E-state index contributed by atoms with van der Waals surface area (Å²) in [5, 5.41) is 3.46. The van der Waals surface area contributed by atoms with Crippen molar-refractivity contribution in [3.8, 4) is 0 Å². The average Bonchev–Trinajstić information content (AvgIpc) is 2.19. The summed E-state index contributed by atoms with van der Waals surface area (Å²) in [6.07, 6.45) is 2.37. The third-order valence-corrected chi connectivity index (χ3v) is 3.92. The van der Waals surface area contributed by atoms with Gasteiger partial charge in [-0.05, 0) is 62.8 Å². The van der Waals surface area contributed by atoms with E-state index in [1.165, 1.54) is 35.1 Å². The fraction of sp³-hybridized carbons (Fsp3) is 0.647. The topological polar surface area (TPSA) is 12.0 Å². The maximum absolute atomic E-state index is 3.46. The zero-order valence-corrected chi connectivity index (χ0v) is 13.1. The summed E-state index contributed by atoms with van der Waals surface area (Å²) in [7, 11) is 2.07. The number of hydrogen-bond acceptors (Lipinski definition) is 1. The fourth-order valence-corrected chi connectivity index (χ4v) is 2.90. The normalized spacial score (nSPS) is 13.7. The molecule has 0 saturated heterocycles. The monoisotopic (exact) mass is 247 g/mol. The van der Waals surface area contributed by atoms with Crippen LogP contribution in [0, 0.1) is 26.2 Å². The van der Waals surface area contributed by atoms with Crippen LogP contribution in [0.15, 0.2) is 12.1 Å². The molecule has 1 atom stereocenters. The van der Waals surface area contributed by atoms with Gasteiger partial charge in [-0.3, -0.25) is 0 Å². The van der Waals surface area contributed by atoms with E-state index in [9.17, 15) is 0 Å². The molecule has 1 heteroatoms. The summed E-state index contributed by atoms with van der Waals surface area (Å²) < 4.78 is 0. The van der Waals surface area contributed by atoms with Gasteiger partial charge in [-0.15, -0.1) is 0 Å². The van der Waals surface area contributed by atoms with Gasteiger partial charge < -0.3 is 5.32 Å². The van der Waals surface area contributed by atoms with Crippen LogP contribution in [-0.4, -0.2) is 13.1 Å². The van der Waals surface area contributed by atoms with Gasteiger partial charge in [0.15, 0.2) is 0 Å². The zero-order valence-electron chi connectivity index (χ0n) is 13.1. The quantitative estimate of drug-likeness (QED) is 0.841. The van der Waals surface area contributed by atoms with Gasteiger partial charge in [0.2, 0.25) is 0 Å². The van der Waals surface area contributed by atoms with Gasteiger partial charge in [0.05, 0.1) is 0 Å². The van der Waals surface area contributed by atoms with Crippen LogP contribution in [0.2, 0.25) is 0 Å². The van der Waals surface area contributed by atoms with E-state index >= 15 is 0 Å². The van der Waals surface area contributed by atoms with Gasteiger partial charge in [0.1, 0.15) is 0 Å². The van der Waals surface area contributed by atoms with Crippen molar-refractivity contribution >= 4 is 0 Å². The summed E-state index contributed by atoms with van der Waals surface area (Å²) in [4.78, 5) is 0. The number of benzene rings is 1. The molecule has 102 valence electrons. The highest BCUT2D eigenvalue weighted by Crippen LogP contribution is 2.25. The second kappa shape index (κ2) is 5.88. The maximum Gasteiger partial charge on any atom is 0.0116 e. The molecule has 0 spiro atoms. The molecule has 1 N–H and O–H groups in total. The van der Waals surface area contributed by atoms with Crippen LogP contribution in [0.1, 0.15) is 49.4 Å². The lowest BCUT2D eigenvalue weighted by atomic mass is 9.82. The van der Waals surface area contributed by atoms with Crippen molar-refractivity contribution in [2.24, 2.45) is 5.41 Å². The van der Waals surface area contributed by atoms with Gasteiger partial charge >= 0.3 is 0 Å². The minimum Gasteiger partial charge on any atom is -0.316 e. The molecule has 0 aliphatic heterocycles. The first-order chi connectivity index (χ1) is 8.25. The predicted molar refractivity (Wildman–Crippen MR) is 81.3 cm³/mol. The first-order valence-corrected chi connectivity index (χ1v) is 6.99. The Balaban J connectivity index is 2.80. The van der Waals surface area contributed by atoms with Gasteiger partial charge in [-0.2, -0.15) is 0 Å². The van der Waals surface area contributed by atoms with Crippen LogP contribution >= 0.6 is 0 Å². The molecule has 1 aromatic carbocycles. The predicted octanol–water partition coefficient (Wildman–Crippen LogP) is 4.18. The third kappa shape index (κ3) is 3.84. The first kappa shape index (κ1) is 15.2. The molecule has 1 rings (SSSR count). The SMILES string of the molecule is CNC(CCc1c(C)cc(C)cc1C)C(C)(C)C. The third-order valence-electron chi connectivity index (χ3n) is 3.92. The molecule has 1 unspecified atom stereocenters. The van der Waals surface area contributed by atoms with Gasteiger partial charge in [-0.1, -0.05) is 38.5 Å². The van der Waals surface area contributed by atoms with Crippen molar-refractivity contribution in [1.82, 2.24) is 5.32 Å². The average molecular weight is 247 g/mol. The van der Waals surface area contributed by atoms with Crippen LogP contribution in [0.3, 0.4) is 0 Å². The second-order valence-corrected chi connectivity index (χ2v) is 6.62. The molecule has 0 fully saturated rings. The highest BCUT2D eigenvalue weighted by Gasteiger charge is 2.22. The molecule has 0 heterocycles. The summed E-state index contributed by atoms with van der Waals surface area (Å²) in [5.41, 5.74) is 6.11. The largest absolute Gasteiger partial charge is 0.316 e. The van der Waals surface area contributed by atoms with Gasteiger partial charge in [-0.25, -0.2) is 0 Å². The Bertz CT molecular complexity index is 376. The Kier molecular flexibility index (Phi) is 4.98. The Morgan fingerprint density at radius 2 is 1.56 bits per heavy atom. The lowest BCUT2D eigenvalue weighted by molar-refractivity contribution is 0.267. The van der Waals surface area contributed by atoms with Crippen molar-refractivity contribution < 1.29 is 0 Å². The smallest absolute Gasteiger partial charge is 0.0116 e. The van der Waals surface area contributed by atoms with Gasteiger partial charge in [0, 0.05) is 6.04 Å². The first-order valence-electron chi connectivity index (χ1n) is 6.99. The van der Waals surface area contributed by atoms with Gasteiger partial charge in [0.25, 0.3) is 0 Å². The summed E-state index contributed by atoms with van der Waals surface area (Å²) in [6.45, 7) is 13.6. The van der Waals surface area contributed by atoms with Crippen LogP contribution in [0.25, 0.3) is 0 Å². The Morgan fingerprint density at radius 1 is 1.06 bits per heavy atom. The number of rotatable bonds is 4. The van der Waals surface area contributed by atoms with Crippen molar-refractivity contribution in [2.75, 3.05) is 7.05 Å². The lowest BCUT2D eigenvalue weighted by Crippen LogP contribution is -2.38. The molecule has 0 aliphatic carbocycles. The maximum atomic E-state index is 3.46. The Hall–Kier alpha value is -0.820. The summed E-state index contributed by atoms with van der Waals surface area (Å²) >= 11 is 0. The highest BCUT2D eigenvalue weighted by atomic mass is 14.9. The summed E-state index contributed by atoms with van der Waals surface area (Å²) in [5.74, 6) is 0. The van der Waals surface area contributed by atoms with E-state index in [0.717, 1.165) is 0 Å². The minimum absolute atomic E-state index is 0.321. The molecular formula is C17H29N. The molecule has 0 saturated carbocycles. The van der Waals surface area contributed by atoms with Crippen LogP contribution in [0.5, 0.6) is 0 Å². The minimum atomic E-state index is 0.321. The molecule has 0 bridgehead atoms. The van der Waals surface area contributed by atoms with Crippen molar-refractivity contribution in [2.45, 2.75) is 60.4 Å². The van der Waals surface area contributed by atoms with Crippen molar-refractivity contribution in [1.29, 1.82) is 0 Å². The van der Waals surface area contributed by atoms with Crippen LogP contribution in [0.4, 0.5) is 0 Å². The number of hydrogen-bond donors (Lipinski definition) is 1. The highest BCUT2D eigenvalue weighted by molar-refractivity contribution is 5.37. The molecule has 18 heavy (non-hydrogen) atoms. The Morgan fingerprint density at radius 3 is 1.94 bits per heavy atom. The lowest BCUT2D eigenvalue weighted by Gasteiger charge is -2.31. The molecular weight excluding hydrogens is 218 g/mol. The van der Waals surface area contributed by atoms with E-state index in [4.69, 9.17) is 0 Å². The fourth-order valence-electron chi connectivity index (χ4n) is 2.90. The molecule has 1 aromatic rings. The van der Waals surface area contributed by atoms with E-state index < -0.39 is 0 Å². The molecule has 0 amide bonds. The van der Waals surface area contributed by atoms with E-state index in [1.807, 2.05) is 0 Å². The molecule has 0 radical (unpaired) electrons. The number of aryl methyl sites for hydroxylation is 3. The molecule has 0 aliphatic rings. The zero-order chi connectivity index (χ0) is 13.9. The summed E-state index contributed by atoms with van der Waals surface area (Å²) in [6, 6.07) is 5.17. The van der Waals surface area contributed by atoms with Crippen LogP contribution < -0.4 is 5.32 Å². The molecule has 0 aromatic heterocycles. The van der Waals surface area contributed by atoms with E-state index in [2.05, 4.69) is 66.0 Å². The Labute approximate surface area is 113 Å². The second-order valence-electron chi connectivity index (χ2n) is 6.62. The molecule has 1 nitrogen and oxygen atoms in total. The van der Waals surface area contributed by atoms with Crippen molar-refractivity contribution in [3.63, 3.8) is 0 Å². The standard InChI is InChI=1S/C17H29N/c1-12-10-13(2)15(14(3)11-12)8-9-16(18-7)17(4,5)6/h10-11,16,18H,8-9H2,1-7H3. The van der Waals surface area contributed by atoms with E-state index in [0.29, 0.717) is 11.5 Å².